The van der Waals surface area contributed by atoms with Crippen LogP contribution in [0.1, 0.15) is 32.3 Å². The van der Waals surface area contributed by atoms with Crippen molar-refractivity contribution >= 4 is 11.6 Å². The zero-order chi connectivity index (χ0) is 18.2. The van der Waals surface area contributed by atoms with Crippen molar-refractivity contribution in [1.82, 2.24) is 10.6 Å². The van der Waals surface area contributed by atoms with Gasteiger partial charge in [-0.25, -0.2) is 4.99 Å². The Balaban J connectivity index is 1.65. The first kappa shape index (κ1) is 19.0. The van der Waals surface area contributed by atoms with Crippen LogP contribution >= 0.6 is 0 Å². The molecule has 2 aliphatic heterocycles. The largest absolute Gasteiger partial charge is 0.378 e. The maximum absolute atomic E-state index is 5.87. The molecule has 144 valence electrons. The molecule has 1 aromatic carbocycles. The number of benzene rings is 1. The van der Waals surface area contributed by atoms with E-state index in [1.54, 1.807) is 0 Å². The second kappa shape index (κ2) is 9.24. The number of aliphatic imine (C=N–C) groups is 1. The van der Waals surface area contributed by atoms with E-state index in [4.69, 9.17) is 14.5 Å². The van der Waals surface area contributed by atoms with Gasteiger partial charge in [-0.3, -0.25) is 0 Å². The van der Waals surface area contributed by atoms with Gasteiger partial charge in [0.25, 0.3) is 0 Å². The maximum Gasteiger partial charge on any atom is 0.191 e. The minimum absolute atomic E-state index is 0.0814. The number of ether oxygens (including phenoxy) is 2. The topological polar surface area (TPSA) is 58.1 Å². The molecule has 6 nitrogen and oxygen atoms in total. The summed E-state index contributed by atoms with van der Waals surface area (Å²) in [6.07, 6.45) is 2.23. The number of para-hydroxylation sites is 1. The van der Waals surface area contributed by atoms with Crippen LogP contribution in [0.3, 0.4) is 0 Å². The molecule has 0 aromatic heterocycles. The molecule has 26 heavy (non-hydrogen) atoms. The summed E-state index contributed by atoms with van der Waals surface area (Å²) in [4.78, 5) is 7.20. The molecule has 2 N–H and O–H groups in total. The predicted octanol–water partition coefficient (Wildman–Crippen LogP) is 2.15. The van der Waals surface area contributed by atoms with Gasteiger partial charge >= 0.3 is 0 Å². The fraction of sp³-hybridized carbons (Fsp3) is 0.650. The molecule has 0 amide bonds. The molecule has 6 heteroatoms. The third-order valence-electron chi connectivity index (χ3n) is 5.03. The Hall–Kier alpha value is -1.79. The first-order valence-corrected chi connectivity index (χ1v) is 9.77. The van der Waals surface area contributed by atoms with E-state index in [1.807, 2.05) is 0 Å². The van der Waals surface area contributed by atoms with Gasteiger partial charge in [0.15, 0.2) is 5.96 Å². The van der Waals surface area contributed by atoms with Gasteiger partial charge in [-0.2, -0.15) is 0 Å². The van der Waals surface area contributed by atoms with E-state index in [-0.39, 0.29) is 5.60 Å². The molecular formula is C20H32N4O2. The van der Waals surface area contributed by atoms with E-state index in [0.717, 1.165) is 64.8 Å². The highest BCUT2D eigenvalue weighted by Crippen LogP contribution is 2.24. The van der Waals surface area contributed by atoms with Gasteiger partial charge in [-0.15, -0.1) is 0 Å². The zero-order valence-electron chi connectivity index (χ0n) is 16.1. The van der Waals surface area contributed by atoms with Crippen molar-refractivity contribution in [3.05, 3.63) is 29.8 Å². The Kier molecular flexibility index (Phi) is 6.74. The highest BCUT2D eigenvalue weighted by Gasteiger charge is 2.29. The number of nitrogens with one attached hydrogen (secondary N) is 2. The Morgan fingerprint density at radius 3 is 2.73 bits per heavy atom. The molecule has 2 heterocycles. The third kappa shape index (κ3) is 5.11. The molecular weight excluding hydrogens is 328 g/mol. The summed E-state index contributed by atoms with van der Waals surface area (Å²) in [6.45, 7) is 10.9. The molecule has 1 aromatic rings. The monoisotopic (exact) mass is 360 g/mol. The van der Waals surface area contributed by atoms with Crippen molar-refractivity contribution in [1.29, 1.82) is 0 Å². The summed E-state index contributed by atoms with van der Waals surface area (Å²) in [5.74, 6) is 0.848. The van der Waals surface area contributed by atoms with Gasteiger partial charge < -0.3 is 25.0 Å². The van der Waals surface area contributed by atoms with Gasteiger partial charge in [-0.1, -0.05) is 18.2 Å². The van der Waals surface area contributed by atoms with Crippen molar-refractivity contribution in [3.8, 4) is 0 Å². The molecule has 0 spiro atoms. The van der Waals surface area contributed by atoms with Crippen molar-refractivity contribution in [2.45, 2.75) is 38.8 Å². The van der Waals surface area contributed by atoms with Gasteiger partial charge in [0.2, 0.25) is 0 Å². The van der Waals surface area contributed by atoms with Crippen molar-refractivity contribution in [3.63, 3.8) is 0 Å². The normalized spacial score (nSPS) is 23.9. The summed E-state index contributed by atoms with van der Waals surface area (Å²) in [6, 6.07) is 8.53. The fourth-order valence-corrected chi connectivity index (χ4v) is 3.51. The van der Waals surface area contributed by atoms with Crippen LogP contribution in [0.25, 0.3) is 0 Å². The lowest BCUT2D eigenvalue weighted by Gasteiger charge is -2.30. The van der Waals surface area contributed by atoms with Gasteiger partial charge in [0.1, 0.15) is 0 Å². The van der Waals surface area contributed by atoms with Crippen molar-refractivity contribution in [2.75, 3.05) is 50.9 Å². The van der Waals surface area contributed by atoms with Crippen LogP contribution in [-0.4, -0.2) is 57.6 Å². The number of hydrogen-bond donors (Lipinski definition) is 2. The van der Waals surface area contributed by atoms with Crippen LogP contribution in [0, 0.1) is 0 Å². The molecule has 2 aliphatic rings. The summed E-state index contributed by atoms with van der Waals surface area (Å²) < 4.78 is 11.3. The summed E-state index contributed by atoms with van der Waals surface area (Å²) >= 11 is 0. The minimum Gasteiger partial charge on any atom is -0.378 e. The van der Waals surface area contributed by atoms with Crippen LogP contribution in [0.5, 0.6) is 0 Å². The van der Waals surface area contributed by atoms with Crippen LogP contribution in [0.4, 0.5) is 5.69 Å². The summed E-state index contributed by atoms with van der Waals surface area (Å²) in [5.41, 5.74) is 2.43. The van der Waals surface area contributed by atoms with Gasteiger partial charge in [0.05, 0.1) is 25.4 Å². The summed E-state index contributed by atoms with van der Waals surface area (Å²) in [7, 11) is 0. The van der Waals surface area contributed by atoms with Crippen LogP contribution in [0.15, 0.2) is 29.3 Å². The highest BCUT2D eigenvalue weighted by molar-refractivity contribution is 5.80. The second-order valence-electron chi connectivity index (χ2n) is 7.18. The van der Waals surface area contributed by atoms with Crippen LogP contribution in [-0.2, 0) is 16.0 Å². The number of nitrogens with zero attached hydrogens (tertiary/aromatic N) is 2. The smallest absolute Gasteiger partial charge is 0.191 e. The SMILES string of the molecule is CCNC(=NCc1ccccc1N1CCOCC1)NCC1(C)CCCO1. The molecule has 2 fully saturated rings. The average Bonchev–Trinajstić information content (AvgIpc) is 3.12. The molecule has 3 rings (SSSR count). The molecule has 0 bridgehead atoms. The van der Waals surface area contributed by atoms with Crippen LogP contribution < -0.4 is 15.5 Å². The molecule has 1 unspecified atom stereocenters. The second-order valence-corrected chi connectivity index (χ2v) is 7.18. The average molecular weight is 361 g/mol. The van der Waals surface area contributed by atoms with E-state index in [1.165, 1.54) is 11.3 Å². The summed E-state index contributed by atoms with van der Waals surface area (Å²) in [5, 5.41) is 6.80. The Labute approximate surface area is 157 Å². The van der Waals surface area contributed by atoms with Gasteiger partial charge in [0, 0.05) is 38.5 Å². The minimum atomic E-state index is -0.0814. The van der Waals surface area contributed by atoms with E-state index in [0.29, 0.717) is 6.54 Å². The first-order chi connectivity index (χ1) is 12.7. The molecule has 0 aliphatic carbocycles. The van der Waals surface area contributed by atoms with Crippen molar-refractivity contribution < 1.29 is 9.47 Å². The van der Waals surface area contributed by atoms with E-state index < -0.39 is 0 Å². The lowest BCUT2D eigenvalue weighted by molar-refractivity contribution is 0.0243. The predicted molar refractivity (Wildman–Crippen MR) is 106 cm³/mol. The fourth-order valence-electron chi connectivity index (χ4n) is 3.51. The number of rotatable bonds is 6. The van der Waals surface area contributed by atoms with E-state index >= 15 is 0 Å². The molecule has 0 saturated carbocycles. The number of morpholine rings is 1. The number of guanidine groups is 1. The molecule has 2 saturated heterocycles. The Morgan fingerprint density at radius 2 is 2.00 bits per heavy atom. The molecule has 1 atom stereocenters. The van der Waals surface area contributed by atoms with Crippen LogP contribution in [0.2, 0.25) is 0 Å². The number of anilines is 1. The zero-order valence-corrected chi connectivity index (χ0v) is 16.1. The lowest BCUT2D eigenvalue weighted by atomic mass is 10.0. The highest BCUT2D eigenvalue weighted by atomic mass is 16.5. The third-order valence-corrected chi connectivity index (χ3v) is 5.03. The van der Waals surface area contributed by atoms with E-state index in [9.17, 15) is 0 Å². The van der Waals surface area contributed by atoms with E-state index in [2.05, 4.69) is 53.6 Å². The standard InChI is InChI=1S/C20H32N4O2/c1-3-21-19(23-16-20(2)9-6-12-26-20)22-15-17-7-4-5-8-18(17)24-10-13-25-14-11-24/h4-5,7-8H,3,6,9-16H2,1-2H3,(H2,21,22,23). The molecule has 0 radical (unpaired) electrons. The maximum atomic E-state index is 5.87. The Morgan fingerprint density at radius 1 is 1.19 bits per heavy atom. The quantitative estimate of drug-likeness (QED) is 0.601. The number of hydrogen-bond acceptors (Lipinski definition) is 4. The Bertz CT molecular complexity index is 593. The lowest BCUT2D eigenvalue weighted by Crippen LogP contribution is -2.45. The first-order valence-electron chi connectivity index (χ1n) is 9.77. The van der Waals surface area contributed by atoms with Gasteiger partial charge in [-0.05, 0) is 38.3 Å². The van der Waals surface area contributed by atoms with Crippen molar-refractivity contribution in [2.24, 2.45) is 4.99 Å².